The third-order valence-corrected chi connectivity index (χ3v) is 4.35. The molecule has 1 atom stereocenters. The van der Waals surface area contributed by atoms with Gasteiger partial charge in [-0.15, -0.1) is 0 Å². The molecule has 1 saturated heterocycles. The van der Waals surface area contributed by atoms with Crippen LogP contribution in [-0.2, 0) is 0 Å². The molecule has 1 heterocycles. The number of ether oxygens (including phenoxy) is 1. The number of hydrogen-bond donors (Lipinski definition) is 1. The molecule has 1 aromatic rings. The average Bonchev–Trinajstić information content (AvgIpc) is 2.88. The normalized spacial score (nSPS) is 19.1. The Bertz CT molecular complexity index is 442. The van der Waals surface area contributed by atoms with Crippen LogP contribution < -0.4 is 15.0 Å². The van der Waals surface area contributed by atoms with E-state index in [1.54, 1.807) is 7.11 Å². The molecular weight excluding hydrogens is 248 g/mol. The summed E-state index contributed by atoms with van der Waals surface area (Å²) in [6, 6.07) is 2.53. The lowest BCUT2D eigenvalue weighted by Crippen LogP contribution is -2.34. The van der Waals surface area contributed by atoms with Gasteiger partial charge in [-0.1, -0.05) is 11.6 Å². The van der Waals surface area contributed by atoms with Crippen LogP contribution in [0.4, 0.5) is 5.69 Å². The predicted molar refractivity (Wildman–Crippen MR) is 77.2 cm³/mol. The number of nitrogens with zero attached hydrogens (tertiary/aromatic N) is 1. The minimum atomic E-state index is 0.511. The van der Waals surface area contributed by atoms with Gasteiger partial charge >= 0.3 is 0 Å². The Morgan fingerprint density at radius 1 is 1.44 bits per heavy atom. The van der Waals surface area contributed by atoms with Gasteiger partial charge in [-0.2, -0.15) is 0 Å². The summed E-state index contributed by atoms with van der Waals surface area (Å²) in [6.07, 6.45) is 1.16. The summed E-state index contributed by atoms with van der Waals surface area (Å²) in [5.41, 5.74) is 3.28. The molecule has 0 radical (unpaired) electrons. The summed E-state index contributed by atoms with van der Waals surface area (Å²) in [5.74, 6) is 0.906. The van der Waals surface area contributed by atoms with Gasteiger partial charge in [0.2, 0.25) is 0 Å². The number of halogens is 1. The highest BCUT2D eigenvalue weighted by molar-refractivity contribution is 6.32. The zero-order chi connectivity index (χ0) is 13.3. The maximum Gasteiger partial charge on any atom is 0.142 e. The molecule has 1 fully saturated rings. The SMILES string of the molecule is COc1cc(C)c(Cl)c(C)c1N(C)C1CCNC1. The second-order valence-electron chi connectivity index (χ2n) is 4.94. The van der Waals surface area contributed by atoms with Gasteiger partial charge in [-0.3, -0.25) is 0 Å². The number of benzene rings is 1. The van der Waals surface area contributed by atoms with Gasteiger partial charge in [0.05, 0.1) is 12.8 Å². The van der Waals surface area contributed by atoms with Gasteiger partial charge < -0.3 is 15.0 Å². The first-order chi connectivity index (χ1) is 8.56. The van der Waals surface area contributed by atoms with Crippen LogP contribution >= 0.6 is 11.6 Å². The fourth-order valence-electron chi connectivity index (χ4n) is 2.66. The number of rotatable bonds is 3. The monoisotopic (exact) mass is 268 g/mol. The van der Waals surface area contributed by atoms with E-state index in [1.807, 2.05) is 13.0 Å². The molecule has 1 unspecified atom stereocenters. The van der Waals surface area contributed by atoms with Crippen LogP contribution in [0.5, 0.6) is 5.75 Å². The van der Waals surface area contributed by atoms with Crippen molar-refractivity contribution in [1.82, 2.24) is 5.32 Å². The fourth-order valence-corrected chi connectivity index (χ4v) is 2.80. The van der Waals surface area contributed by atoms with E-state index in [-0.39, 0.29) is 0 Å². The summed E-state index contributed by atoms with van der Waals surface area (Å²) in [6.45, 7) is 6.17. The Morgan fingerprint density at radius 3 is 2.72 bits per heavy atom. The molecule has 100 valence electrons. The first-order valence-electron chi connectivity index (χ1n) is 6.33. The highest BCUT2D eigenvalue weighted by Crippen LogP contribution is 2.39. The fraction of sp³-hybridized carbons (Fsp3) is 0.571. The second-order valence-corrected chi connectivity index (χ2v) is 5.32. The first kappa shape index (κ1) is 13.5. The molecule has 4 heteroatoms. The summed E-state index contributed by atoms with van der Waals surface area (Å²) >= 11 is 6.36. The minimum absolute atomic E-state index is 0.511. The van der Waals surface area contributed by atoms with Crippen LogP contribution in [0.25, 0.3) is 0 Å². The van der Waals surface area contributed by atoms with Gasteiger partial charge in [0.15, 0.2) is 0 Å². The summed E-state index contributed by atoms with van der Waals surface area (Å²) in [5, 5.41) is 4.23. The van der Waals surface area contributed by atoms with Crippen molar-refractivity contribution in [2.75, 3.05) is 32.1 Å². The van der Waals surface area contributed by atoms with E-state index in [0.717, 1.165) is 47.1 Å². The Balaban J connectivity index is 2.44. The quantitative estimate of drug-likeness (QED) is 0.912. The summed E-state index contributed by atoms with van der Waals surface area (Å²) < 4.78 is 5.52. The van der Waals surface area contributed by atoms with E-state index in [1.165, 1.54) is 0 Å². The topological polar surface area (TPSA) is 24.5 Å². The number of aryl methyl sites for hydroxylation is 1. The minimum Gasteiger partial charge on any atom is -0.495 e. The summed E-state index contributed by atoms with van der Waals surface area (Å²) in [7, 11) is 3.83. The molecule has 3 nitrogen and oxygen atoms in total. The van der Waals surface area contributed by atoms with Crippen LogP contribution in [-0.4, -0.2) is 33.3 Å². The Morgan fingerprint density at radius 2 is 2.17 bits per heavy atom. The number of anilines is 1. The van der Waals surface area contributed by atoms with E-state index >= 15 is 0 Å². The van der Waals surface area contributed by atoms with Crippen LogP contribution in [0.1, 0.15) is 17.5 Å². The van der Waals surface area contributed by atoms with Crippen LogP contribution in [0.3, 0.4) is 0 Å². The van der Waals surface area contributed by atoms with Crippen LogP contribution in [0, 0.1) is 13.8 Å². The van der Waals surface area contributed by atoms with Gasteiger partial charge in [0.1, 0.15) is 5.75 Å². The standard InChI is InChI=1S/C14H21ClN2O/c1-9-7-12(18-4)14(10(2)13(9)15)17(3)11-5-6-16-8-11/h7,11,16H,5-6,8H2,1-4H3. The van der Waals surface area contributed by atoms with E-state index in [0.29, 0.717) is 6.04 Å². The Kier molecular flexibility index (Phi) is 4.03. The van der Waals surface area contributed by atoms with Crippen molar-refractivity contribution >= 4 is 17.3 Å². The maximum absolute atomic E-state index is 6.36. The first-order valence-corrected chi connectivity index (χ1v) is 6.71. The van der Waals surface area contributed by atoms with E-state index < -0.39 is 0 Å². The van der Waals surface area contributed by atoms with Crippen molar-refractivity contribution in [3.05, 3.63) is 22.2 Å². The molecular formula is C14H21ClN2O. The lowest BCUT2D eigenvalue weighted by atomic mass is 10.1. The molecule has 0 saturated carbocycles. The lowest BCUT2D eigenvalue weighted by molar-refractivity contribution is 0.413. The van der Waals surface area contributed by atoms with E-state index in [2.05, 4.69) is 24.2 Å². The lowest BCUT2D eigenvalue weighted by Gasteiger charge is -2.30. The molecule has 0 bridgehead atoms. The largest absolute Gasteiger partial charge is 0.495 e. The third-order valence-electron chi connectivity index (χ3n) is 3.77. The zero-order valence-corrected chi connectivity index (χ0v) is 12.3. The predicted octanol–water partition coefficient (Wildman–Crippen LogP) is 2.76. The van der Waals surface area contributed by atoms with Crippen molar-refractivity contribution in [1.29, 1.82) is 0 Å². The van der Waals surface area contributed by atoms with Gasteiger partial charge in [0, 0.05) is 24.7 Å². The maximum atomic E-state index is 6.36. The number of nitrogens with one attached hydrogen (secondary N) is 1. The van der Waals surface area contributed by atoms with Crippen molar-refractivity contribution in [2.24, 2.45) is 0 Å². The van der Waals surface area contributed by atoms with Crippen LogP contribution in [0.15, 0.2) is 6.07 Å². The summed E-state index contributed by atoms with van der Waals surface area (Å²) in [4.78, 5) is 2.29. The van der Waals surface area contributed by atoms with E-state index in [4.69, 9.17) is 16.3 Å². The van der Waals surface area contributed by atoms with E-state index in [9.17, 15) is 0 Å². The number of hydrogen-bond acceptors (Lipinski definition) is 3. The van der Waals surface area contributed by atoms with Gasteiger partial charge in [0.25, 0.3) is 0 Å². The second kappa shape index (κ2) is 5.37. The Labute approximate surface area is 114 Å². The molecule has 0 spiro atoms. The molecule has 1 aliphatic heterocycles. The number of likely N-dealkylation sites (N-methyl/N-ethyl adjacent to an activating group) is 1. The third kappa shape index (κ3) is 2.29. The molecule has 0 amide bonds. The van der Waals surface area contributed by atoms with Gasteiger partial charge in [-0.25, -0.2) is 0 Å². The molecule has 1 aromatic carbocycles. The molecule has 1 aliphatic rings. The van der Waals surface area contributed by atoms with Crippen molar-refractivity contribution in [2.45, 2.75) is 26.3 Å². The molecule has 2 rings (SSSR count). The van der Waals surface area contributed by atoms with Crippen LogP contribution in [0.2, 0.25) is 5.02 Å². The zero-order valence-electron chi connectivity index (χ0n) is 11.5. The van der Waals surface area contributed by atoms with Gasteiger partial charge in [-0.05, 0) is 44.0 Å². The van der Waals surface area contributed by atoms with Crippen molar-refractivity contribution in [3.63, 3.8) is 0 Å². The van der Waals surface area contributed by atoms with Crippen molar-refractivity contribution < 1.29 is 4.74 Å². The molecule has 0 aromatic heterocycles. The van der Waals surface area contributed by atoms with Crippen molar-refractivity contribution in [3.8, 4) is 5.75 Å². The average molecular weight is 269 g/mol. The Hall–Kier alpha value is -0.930. The molecule has 18 heavy (non-hydrogen) atoms. The molecule has 1 N–H and O–H groups in total. The highest BCUT2D eigenvalue weighted by Gasteiger charge is 2.24. The smallest absolute Gasteiger partial charge is 0.142 e. The number of methoxy groups -OCH3 is 1. The highest BCUT2D eigenvalue weighted by atomic mass is 35.5. The molecule has 0 aliphatic carbocycles.